The van der Waals surface area contributed by atoms with Gasteiger partial charge in [0.05, 0.1) is 22.2 Å². The van der Waals surface area contributed by atoms with E-state index in [-0.39, 0.29) is 0 Å². The van der Waals surface area contributed by atoms with Crippen LogP contribution in [-0.4, -0.2) is 32.9 Å². The van der Waals surface area contributed by atoms with Crippen LogP contribution in [0.1, 0.15) is 30.3 Å². The number of imidazole rings is 1. The molecule has 2 aromatic heterocycles. The molecular weight excluding hydrogens is 280 g/mol. The van der Waals surface area contributed by atoms with E-state index in [1.165, 1.54) is 18.5 Å². The summed E-state index contributed by atoms with van der Waals surface area (Å²) in [6.45, 7) is 3.19. The van der Waals surface area contributed by atoms with Crippen molar-refractivity contribution in [2.45, 2.75) is 25.3 Å². The molecule has 0 saturated carbocycles. The molecule has 1 fully saturated rings. The second-order valence-corrected chi connectivity index (χ2v) is 6.41. The van der Waals surface area contributed by atoms with Crippen LogP contribution in [0.3, 0.4) is 0 Å². The van der Waals surface area contributed by atoms with Gasteiger partial charge in [-0.3, -0.25) is 4.90 Å². The number of nitrogens with zero attached hydrogens (tertiary/aromatic N) is 3. The summed E-state index contributed by atoms with van der Waals surface area (Å²) in [5, 5.41) is 2.14. The number of rotatable bonds is 3. The number of H-pyrrole nitrogens is 1. The van der Waals surface area contributed by atoms with Gasteiger partial charge in [0.2, 0.25) is 0 Å². The Kier molecular flexibility index (Phi) is 3.45. The van der Waals surface area contributed by atoms with Gasteiger partial charge in [-0.1, -0.05) is 12.1 Å². The minimum atomic E-state index is 0.504. The lowest BCUT2D eigenvalue weighted by atomic mass is 9.97. The van der Waals surface area contributed by atoms with E-state index in [0.717, 1.165) is 36.5 Å². The number of thiazole rings is 1. The monoisotopic (exact) mass is 298 g/mol. The van der Waals surface area contributed by atoms with Gasteiger partial charge in [0.25, 0.3) is 0 Å². The molecule has 1 unspecified atom stereocenters. The third-order valence-electron chi connectivity index (χ3n) is 4.17. The van der Waals surface area contributed by atoms with Gasteiger partial charge in [0.1, 0.15) is 5.82 Å². The largest absolute Gasteiger partial charge is 0.342 e. The number of benzene rings is 1. The van der Waals surface area contributed by atoms with Crippen molar-refractivity contribution in [2.75, 3.05) is 13.1 Å². The summed E-state index contributed by atoms with van der Waals surface area (Å²) >= 11 is 1.67. The molecule has 108 valence electrons. The van der Waals surface area contributed by atoms with E-state index in [2.05, 4.69) is 38.4 Å². The van der Waals surface area contributed by atoms with Crippen molar-refractivity contribution < 1.29 is 0 Å². The fourth-order valence-corrected chi connectivity index (χ4v) is 3.68. The molecule has 0 spiro atoms. The number of fused-ring (bicyclic) bond motifs is 1. The molecule has 1 saturated heterocycles. The van der Waals surface area contributed by atoms with Gasteiger partial charge in [-0.2, -0.15) is 0 Å². The molecule has 1 N–H and O–H groups in total. The molecule has 0 amide bonds. The highest BCUT2D eigenvalue weighted by Crippen LogP contribution is 2.27. The Morgan fingerprint density at radius 2 is 2.29 bits per heavy atom. The van der Waals surface area contributed by atoms with Crippen LogP contribution in [0.25, 0.3) is 11.0 Å². The van der Waals surface area contributed by atoms with E-state index in [0.29, 0.717) is 5.92 Å². The minimum Gasteiger partial charge on any atom is -0.342 e. The van der Waals surface area contributed by atoms with Crippen molar-refractivity contribution in [1.82, 2.24) is 19.9 Å². The number of aromatic amines is 1. The van der Waals surface area contributed by atoms with Crippen molar-refractivity contribution in [2.24, 2.45) is 0 Å². The number of aromatic nitrogens is 3. The maximum absolute atomic E-state index is 4.77. The number of piperidine rings is 1. The predicted octanol–water partition coefficient (Wildman–Crippen LogP) is 3.40. The number of hydrogen-bond acceptors (Lipinski definition) is 4. The first-order valence-corrected chi connectivity index (χ1v) is 8.37. The average molecular weight is 298 g/mol. The molecule has 3 aromatic rings. The quantitative estimate of drug-likeness (QED) is 0.806. The lowest BCUT2D eigenvalue weighted by Crippen LogP contribution is -2.34. The zero-order valence-corrected chi connectivity index (χ0v) is 12.6. The Bertz CT molecular complexity index is 686. The number of nitrogens with one attached hydrogen (secondary N) is 1. The Hall–Kier alpha value is -1.72. The van der Waals surface area contributed by atoms with E-state index < -0.39 is 0 Å². The lowest BCUT2D eigenvalue weighted by molar-refractivity contribution is 0.195. The van der Waals surface area contributed by atoms with Gasteiger partial charge < -0.3 is 4.98 Å². The summed E-state index contributed by atoms with van der Waals surface area (Å²) in [4.78, 5) is 15.2. The second kappa shape index (κ2) is 5.58. The molecule has 3 heterocycles. The SMILES string of the molecule is c1ccc2[nH]c(C3CCCN(Cc4cscn4)C3)nc2c1. The number of para-hydroxylation sites is 2. The normalized spacial score (nSPS) is 20.1. The summed E-state index contributed by atoms with van der Waals surface area (Å²) in [6.07, 6.45) is 2.44. The zero-order valence-electron chi connectivity index (χ0n) is 11.8. The molecular formula is C16H18N4S. The molecule has 21 heavy (non-hydrogen) atoms. The second-order valence-electron chi connectivity index (χ2n) is 5.69. The van der Waals surface area contributed by atoms with Gasteiger partial charge in [-0.15, -0.1) is 11.3 Å². The van der Waals surface area contributed by atoms with Crippen LogP contribution in [0, 0.1) is 0 Å². The molecule has 0 radical (unpaired) electrons. The summed E-state index contributed by atoms with van der Waals surface area (Å²) < 4.78 is 0. The zero-order chi connectivity index (χ0) is 14.1. The standard InChI is InChI=1S/C16H18N4S/c1-2-6-15-14(5-1)18-16(19-15)12-4-3-7-20(8-12)9-13-10-21-11-17-13/h1-2,5-6,10-12H,3-4,7-9H2,(H,18,19). The Morgan fingerprint density at radius 3 is 3.14 bits per heavy atom. The summed E-state index contributed by atoms with van der Waals surface area (Å²) in [5.74, 6) is 1.64. The predicted molar refractivity (Wildman–Crippen MR) is 85.5 cm³/mol. The third-order valence-corrected chi connectivity index (χ3v) is 4.80. The van der Waals surface area contributed by atoms with Crippen LogP contribution in [0.15, 0.2) is 35.2 Å². The van der Waals surface area contributed by atoms with Crippen molar-refractivity contribution in [3.8, 4) is 0 Å². The summed E-state index contributed by atoms with van der Waals surface area (Å²) in [7, 11) is 0. The lowest BCUT2D eigenvalue weighted by Gasteiger charge is -2.31. The number of likely N-dealkylation sites (tertiary alicyclic amines) is 1. The van der Waals surface area contributed by atoms with Gasteiger partial charge in [0.15, 0.2) is 0 Å². The Labute approximate surface area is 127 Å². The highest BCUT2D eigenvalue weighted by Gasteiger charge is 2.24. The van der Waals surface area contributed by atoms with Crippen molar-refractivity contribution >= 4 is 22.4 Å². The van der Waals surface area contributed by atoms with Crippen LogP contribution < -0.4 is 0 Å². The van der Waals surface area contributed by atoms with E-state index in [1.807, 2.05) is 11.6 Å². The average Bonchev–Trinajstić information content (AvgIpc) is 3.16. The van der Waals surface area contributed by atoms with Crippen LogP contribution in [0.2, 0.25) is 0 Å². The molecule has 4 rings (SSSR count). The van der Waals surface area contributed by atoms with Crippen molar-refractivity contribution in [3.05, 3.63) is 46.7 Å². The molecule has 1 aromatic carbocycles. The van der Waals surface area contributed by atoms with Gasteiger partial charge in [-0.05, 0) is 31.5 Å². The molecule has 1 aliphatic heterocycles. The van der Waals surface area contributed by atoms with E-state index in [1.54, 1.807) is 11.3 Å². The molecule has 1 atom stereocenters. The molecule has 0 aliphatic carbocycles. The topological polar surface area (TPSA) is 44.8 Å². The van der Waals surface area contributed by atoms with Crippen LogP contribution >= 0.6 is 11.3 Å². The van der Waals surface area contributed by atoms with Crippen LogP contribution in [-0.2, 0) is 6.54 Å². The molecule has 0 bridgehead atoms. The molecule has 1 aliphatic rings. The van der Waals surface area contributed by atoms with Crippen molar-refractivity contribution in [3.63, 3.8) is 0 Å². The first kappa shape index (κ1) is 13.0. The van der Waals surface area contributed by atoms with E-state index in [4.69, 9.17) is 4.98 Å². The van der Waals surface area contributed by atoms with Gasteiger partial charge in [0, 0.05) is 24.4 Å². The Balaban J connectivity index is 1.52. The minimum absolute atomic E-state index is 0.504. The van der Waals surface area contributed by atoms with E-state index >= 15 is 0 Å². The Morgan fingerprint density at radius 1 is 1.33 bits per heavy atom. The van der Waals surface area contributed by atoms with Crippen molar-refractivity contribution in [1.29, 1.82) is 0 Å². The maximum Gasteiger partial charge on any atom is 0.111 e. The highest BCUT2D eigenvalue weighted by molar-refractivity contribution is 7.07. The number of hydrogen-bond donors (Lipinski definition) is 1. The summed E-state index contributed by atoms with van der Waals surface area (Å²) in [6, 6.07) is 8.27. The first-order chi connectivity index (χ1) is 10.4. The maximum atomic E-state index is 4.77. The fraction of sp³-hybridized carbons (Fsp3) is 0.375. The molecule has 5 heteroatoms. The van der Waals surface area contributed by atoms with Crippen LogP contribution in [0.4, 0.5) is 0 Å². The third kappa shape index (κ3) is 2.71. The summed E-state index contributed by atoms with van der Waals surface area (Å²) in [5.41, 5.74) is 5.31. The first-order valence-electron chi connectivity index (χ1n) is 7.42. The van der Waals surface area contributed by atoms with E-state index in [9.17, 15) is 0 Å². The van der Waals surface area contributed by atoms with Gasteiger partial charge in [-0.25, -0.2) is 9.97 Å². The van der Waals surface area contributed by atoms with Gasteiger partial charge >= 0.3 is 0 Å². The van der Waals surface area contributed by atoms with Crippen LogP contribution in [0.5, 0.6) is 0 Å². The smallest absolute Gasteiger partial charge is 0.111 e. The highest BCUT2D eigenvalue weighted by atomic mass is 32.1. The molecule has 4 nitrogen and oxygen atoms in total. The fourth-order valence-electron chi connectivity index (χ4n) is 3.13.